The predicted octanol–water partition coefficient (Wildman–Crippen LogP) is 1.85. The van der Waals surface area contributed by atoms with Crippen LogP contribution in [0.3, 0.4) is 0 Å². The van der Waals surface area contributed by atoms with Crippen molar-refractivity contribution in [3.8, 4) is 6.07 Å². The van der Waals surface area contributed by atoms with Gasteiger partial charge >= 0.3 is 0 Å². The van der Waals surface area contributed by atoms with Gasteiger partial charge in [0, 0.05) is 19.7 Å². The Balaban J connectivity index is 2.04. The van der Waals surface area contributed by atoms with E-state index in [1.165, 1.54) is 6.26 Å². The summed E-state index contributed by atoms with van der Waals surface area (Å²) < 4.78 is 6.70. The topological polar surface area (TPSA) is 88.9 Å². The maximum Gasteiger partial charge on any atom is 0.222 e. The first-order valence-corrected chi connectivity index (χ1v) is 6.51. The third kappa shape index (κ3) is 3.26. The number of hydrogen-bond donors (Lipinski definition) is 0. The standard InChI is InChI=1S/C15H15N3O3/c1-10-5-6-21-15(10)14(20)12(7-16)13(19)4-3-11-8-17-18(2)9-11/h5-6,8-9,12H,3-4H2,1-2H3. The molecule has 2 aromatic rings. The van der Waals surface area contributed by atoms with Gasteiger partial charge < -0.3 is 4.42 Å². The molecule has 0 radical (unpaired) electrons. The Hall–Kier alpha value is -2.68. The van der Waals surface area contributed by atoms with Crippen LogP contribution in [-0.2, 0) is 18.3 Å². The van der Waals surface area contributed by atoms with E-state index in [-0.39, 0.29) is 12.2 Å². The van der Waals surface area contributed by atoms with Crippen molar-refractivity contribution < 1.29 is 14.0 Å². The van der Waals surface area contributed by atoms with Crippen LogP contribution in [0.5, 0.6) is 0 Å². The number of Topliss-reactive ketones (excluding diaryl/α,β-unsaturated/α-hetero) is 2. The van der Waals surface area contributed by atoms with Gasteiger partial charge in [-0.1, -0.05) is 0 Å². The Kier molecular flexibility index (Phi) is 4.33. The molecule has 0 saturated heterocycles. The van der Waals surface area contributed by atoms with Crippen LogP contribution < -0.4 is 0 Å². The number of nitriles is 1. The summed E-state index contributed by atoms with van der Waals surface area (Å²) in [6, 6.07) is 3.41. The van der Waals surface area contributed by atoms with Gasteiger partial charge in [-0.3, -0.25) is 14.3 Å². The van der Waals surface area contributed by atoms with Gasteiger partial charge in [0.05, 0.1) is 18.5 Å². The van der Waals surface area contributed by atoms with Crippen LogP contribution in [-0.4, -0.2) is 21.3 Å². The third-order valence-electron chi connectivity index (χ3n) is 3.22. The molecule has 6 heteroatoms. The minimum absolute atomic E-state index is 0.0799. The van der Waals surface area contributed by atoms with Gasteiger partial charge in [0.1, 0.15) is 0 Å². The zero-order valence-electron chi connectivity index (χ0n) is 11.9. The summed E-state index contributed by atoms with van der Waals surface area (Å²) in [6.45, 7) is 1.70. The van der Waals surface area contributed by atoms with Gasteiger partial charge in [0.25, 0.3) is 0 Å². The molecule has 0 fully saturated rings. The molecular formula is C15H15N3O3. The normalized spacial score (nSPS) is 11.9. The molecule has 0 spiro atoms. The summed E-state index contributed by atoms with van der Waals surface area (Å²) in [7, 11) is 1.78. The van der Waals surface area contributed by atoms with Crippen LogP contribution in [0.4, 0.5) is 0 Å². The van der Waals surface area contributed by atoms with Crippen molar-refractivity contribution in [2.45, 2.75) is 19.8 Å². The SMILES string of the molecule is Cc1ccoc1C(=O)C(C#N)C(=O)CCc1cnn(C)c1. The van der Waals surface area contributed by atoms with Crippen molar-refractivity contribution in [1.29, 1.82) is 5.26 Å². The van der Waals surface area contributed by atoms with E-state index in [1.54, 1.807) is 43.2 Å². The minimum atomic E-state index is -1.31. The second-order valence-corrected chi connectivity index (χ2v) is 4.85. The molecule has 108 valence electrons. The number of aryl methyl sites for hydroxylation is 3. The maximum atomic E-state index is 12.2. The summed E-state index contributed by atoms with van der Waals surface area (Å²) >= 11 is 0. The Morgan fingerprint density at radius 3 is 2.81 bits per heavy atom. The summed E-state index contributed by atoms with van der Waals surface area (Å²) in [5, 5.41) is 13.1. The van der Waals surface area contributed by atoms with Crippen LogP contribution in [0.25, 0.3) is 0 Å². The minimum Gasteiger partial charge on any atom is -0.461 e. The van der Waals surface area contributed by atoms with Crippen molar-refractivity contribution in [2.75, 3.05) is 0 Å². The fraction of sp³-hybridized carbons (Fsp3) is 0.333. The monoisotopic (exact) mass is 285 g/mol. The second-order valence-electron chi connectivity index (χ2n) is 4.85. The van der Waals surface area contributed by atoms with Crippen molar-refractivity contribution in [2.24, 2.45) is 13.0 Å². The Labute approximate surface area is 122 Å². The van der Waals surface area contributed by atoms with Crippen molar-refractivity contribution in [3.63, 3.8) is 0 Å². The van der Waals surface area contributed by atoms with E-state index in [0.717, 1.165) is 5.56 Å². The van der Waals surface area contributed by atoms with Crippen LogP contribution in [0.1, 0.15) is 28.1 Å². The van der Waals surface area contributed by atoms with E-state index in [4.69, 9.17) is 9.68 Å². The van der Waals surface area contributed by atoms with Crippen LogP contribution in [0.15, 0.2) is 29.1 Å². The lowest BCUT2D eigenvalue weighted by molar-refractivity contribution is -0.120. The third-order valence-corrected chi connectivity index (χ3v) is 3.22. The number of ketones is 2. The first-order valence-electron chi connectivity index (χ1n) is 6.51. The highest BCUT2D eigenvalue weighted by molar-refractivity contribution is 6.12. The highest BCUT2D eigenvalue weighted by Gasteiger charge is 2.30. The molecule has 2 rings (SSSR count). The molecule has 1 unspecified atom stereocenters. The molecule has 0 aliphatic heterocycles. The van der Waals surface area contributed by atoms with Crippen molar-refractivity contribution >= 4 is 11.6 Å². The van der Waals surface area contributed by atoms with E-state index in [0.29, 0.717) is 12.0 Å². The smallest absolute Gasteiger partial charge is 0.222 e. The largest absolute Gasteiger partial charge is 0.461 e. The predicted molar refractivity (Wildman–Crippen MR) is 73.4 cm³/mol. The lowest BCUT2D eigenvalue weighted by Crippen LogP contribution is -2.23. The van der Waals surface area contributed by atoms with Crippen molar-refractivity contribution in [3.05, 3.63) is 41.6 Å². The first-order chi connectivity index (χ1) is 10.0. The molecular weight excluding hydrogens is 270 g/mol. The number of nitrogens with zero attached hydrogens (tertiary/aromatic N) is 3. The van der Waals surface area contributed by atoms with E-state index in [2.05, 4.69) is 5.10 Å². The van der Waals surface area contributed by atoms with Crippen molar-refractivity contribution in [1.82, 2.24) is 9.78 Å². The molecule has 0 amide bonds. The molecule has 0 saturated carbocycles. The van der Waals surface area contributed by atoms with Gasteiger partial charge in [-0.05, 0) is 30.5 Å². The molecule has 1 atom stereocenters. The molecule has 0 aliphatic carbocycles. The Morgan fingerprint density at radius 2 is 2.29 bits per heavy atom. The number of carbonyl (C=O) groups is 2. The molecule has 0 aromatic carbocycles. The number of carbonyl (C=O) groups excluding carboxylic acids is 2. The van der Waals surface area contributed by atoms with E-state index in [1.807, 2.05) is 0 Å². The van der Waals surface area contributed by atoms with Crippen LogP contribution >= 0.6 is 0 Å². The second kappa shape index (κ2) is 6.18. The summed E-state index contributed by atoms with van der Waals surface area (Å²) in [5.41, 5.74) is 1.52. The number of rotatable bonds is 6. The molecule has 2 aromatic heterocycles. The molecule has 6 nitrogen and oxygen atoms in total. The molecule has 0 aliphatic rings. The summed E-state index contributed by atoms with van der Waals surface area (Å²) in [5.74, 6) is -2.21. The first kappa shape index (κ1) is 14.7. The van der Waals surface area contributed by atoms with Gasteiger partial charge in [-0.25, -0.2) is 0 Å². The lowest BCUT2D eigenvalue weighted by Gasteiger charge is -2.05. The summed E-state index contributed by atoms with van der Waals surface area (Å²) in [4.78, 5) is 24.3. The fourth-order valence-electron chi connectivity index (χ4n) is 2.05. The van der Waals surface area contributed by atoms with E-state index in [9.17, 15) is 9.59 Å². The zero-order valence-corrected chi connectivity index (χ0v) is 11.9. The molecule has 0 bridgehead atoms. The van der Waals surface area contributed by atoms with Gasteiger partial charge in [0.2, 0.25) is 5.78 Å². The lowest BCUT2D eigenvalue weighted by atomic mass is 9.94. The molecule has 21 heavy (non-hydrogen) atoms. The van der Waals surface area contributed by atoms with E-state index < -0.39 is 17.5 Å². The molecule has 0 N–H and O–H groups in total. The highest BCUT2D eigenvalue weighted by Crippen LogP contribution is 2.17. The Bertz CT molecular complexity index is 706. The Morgan fingerprint density at radius 1 is 1.52 bits per heavy atom. The van der Waals surface area contributed by atoms with Gasteiger partial charge in [-0.15, -0.1) is 0 Å². The fourth-order valence-corrected chi connectivity index (χ4v) is 2.05. The average Bonchev–Trinajstić information content (AvgIpc) is 3.05. The average molecular weight is 285 g/mol. The number of aromatic nitrogens is 2. The van der Waals surface area contributed by atoms with E-state index >= 15 is 0 Å². The van der Waals surface area contributed by atoms with Gasteiger partial charge in [0.15, 0.2) is 17.5 Å². The molecule has 2 heterocycles. The highest BCUT2D eigenvalue weighted by atomic mass is 16.3. The quantitative estimate of drug-likeness (QED) is 0.597. The zero-order chi connectivity index (χ0) is 15.4. The van der Waals surface area contributed by atoms with Crippen LogP contribution in [0, 0.1) is 24.2 Å². The van der Waals surface area contributed by atoms with Gasteiger partial charge in [-0.2, -0.15) is 10.4 Å². The number of hydrogen-bond acceptors (Lipinski definition) is 5. The van der Waals surface area contributed by atoms with Crippen LogP contribution in [0.2, 0.25) is 0 Å². The number of furan rings is 1. The maximum absolute atomic E-state index is 12.2. The summed E-state index contributed by atoms with van der Waals surface area (Å²) in [6.07, 6.45) is 5.40.